The Balaban J connectivity index is 1.43. The summed E-state index contributed by atoms with van der Waals surface area (Å²) in [5.74, 6) is -3.28. The van der Waals surface area contributed by atoms with Gasteiger partial charge in [-0.05, 0) is 38.7 Å². The molecule has 4 heterocycles. The fourth-order valence-electron chi connectivity index (χ4n) is 8.03. The summed E-state index contributed by atoms with van der Waals surface area (Å²) in [6, 6.07) is 7.03. The van der Waals surface area contributed by atoms with Gasteiger partial charge >= 0.3 is 5.97 Å². The van der Waals surface area contributed by atoms with E-state index in [1.54, 1.807) is 35.9 Å². The molecular weight excluding hydrogens is 628 g/mol. The van der Waals surface area contributed by atoms with Gasteiger partial charge in [-0.2, -0.15) is 0 Å². The second-order valence-electron chi connectivity index (χ2n) is 13.7. The minimum Gasteiger partial charge on any atom is -0.455 e. The standard InChI is InChI=1S/C37H52N4O8/c1-6-8-14-29(43)38(5)26(4)32(27-12-10-9-11-13-27)48-36(46)30-28-15-16-37(49-28)31(30)34(44)41(25(3)24-42)33(37)35(45)40(17-7-2)19-18-39-20-22-47-23-21-39/h6-7,9-13,25-26,28,30-33,42H,1-2,8,14-24H2,3-5H3/t25-,26+,28+,30-,31-,32-,33+,37-/m1/s1. The van der Waals surface area contributed by atoms with Gasteiger partial charge in [0.15, 0.2) is 0 Å². The number of likely N-dealkylation sites (tertiary alicyclic amines) is 1. The zero-order valence-electron chi connectivity index (χ0n) is 29.1. The number of aliphatic hydroxyl groups is 1. The van der Waals surface area contributed by atoms with Gasteiger partial charge in [0.2, 0.25) is 17.7 Å². The van der Waals surface area contributed by atoms with Crippen molar-refractivity contribution >= 4 is 23.7 Å². The summed E-state index contributed by atoms with van der Waals surface area (Å²) in [6.07, 6.45) is 3.64. The number of morpholine rings is 1. The van der Waals surface area contributed by atoms with Gasteiger partial charge in [0.05, 0.1) is 49.8 Å². The van der Waals surface area contributed by atoms with Crippen LogP contribution in [0.3, 0.4) is 0 Å². The molecule has 4 aliphatic rings. The first kappa shape index (κ1) is 36.7. The highest BCUT2D eigenvalue weighted by atomic mass is 16.6. The van der Waals surface area contributed by atoms with Crippen molar-refractivity contribution in [2.24, 2.45) is 11.8 Å². The number of esters is 1. The number of carbonyl (C=O) groups excluding carboxylic acids is 4. The number of nitrogens with zero attached hydrogens (tertiary/aromatic N) is 4. The first-order valence-corrected chi connectivity index (χ1v) is 17.5. The Kier molecular flexibility index (Phi) is 12.0. The van der Waals surface area contributed by atoms with Crippen LogP contribution in [0, 0.1) is 11.8 Å². The largest absolute Gasteiger partial charge is 0.455 e. The number of benzene rings is 1. The van der Waals surface area contributed by atoms with E-state index in [-0.39, 0.29) is 31.4 Å². The monoisotopic (exact) mass is 680 g/mol. The van der Waals surface area contributed by atoms with Gasteiger partial charge in [0, 0.05) is 46.2 Å². The predicted molar refractivity (Wildman–Crippen MR) is 182 cm³/mol. The van der Waals surface area contributed by atoms with E-state index >= 15 is 0 Å². The molecule has 4 saturated heterocycles. The summed E-state index contributed by atoms with van der Waals surface area (Å²) in [5.41, 5.74) is -0.525. The molecule has 49 heavy (non-hydrogen) atoms. The summed E-state index contributed by atoms with van der Waals surface area (Å²) in [6.45, 7) is 14.9. The lowest BCUT2D eigenvalue weighted by atomic mass is 9.70. The maximum absolute atomic E-state index is 14.6. The number of carbonyl (C=O) groups is 4. The Labute approximate surface area is 289 Å². The highest BCUT2D eigenvalue weighted by Gasteiger charge is 2.75. The minimum absolute atomic E-state index is 0.106. The average Bonchev–Trinajstić information content (AvgIpc) is 3.78. The number of likely N-dealkylation sites (N-methyl/N-ethyl adjacent to an activating group) is 1. The van der Waals surface area contributed by atoms with Crippen molar-refractivity contribution in [2.75, 3.05) is 59.6 Å². The molecule has 2 bridgehead atoms. The molecule has 0 saturated carbocycles. The first-order chi connectivity index (χ1) is 23.6. The molecule has 1 aromatic carbocycles. The van der Waals surface area contributed by atoms with Crippen LogP contribution in [0.2, 0.25) is 0 Å². The molecule has 12 nitrogen and oxygen atoms in total. The van der Waals surface area contributed by atoms with Crippen molar-refractivity contribution in [1.29, 1.82) is 0 Å². The van der Waals surface area contributed by atoms with Crippen molar-refractivity contribution in [2.45, 2.75) is 75.5 Å². The van der Waals surface area contributed by atoms with Crippen LogP contribution in [0.4, 0.5) is 0 Å². The maximum atomic E-state index is 14.6. The normalized spacial score (nSPS) is 28.0. The second kappa shape index (κ2) is 16.0. The molecule has 1 N–H and O–H groups in total. The SMILES string of the molecule is C=CCCC(=O)N(C)[C@@H](C)[C@@H](OC(=O)[C@@H]1[C@@H]2CC[C@]3(O2)[C@H](C(=O)N(CC=C)CCN2CCOCC2)N([C@H](C)CO)C(=O)[C@@H]13)c1ccccc1. The van der Waals surface area contributed by atoms with E-state index in [4.69, 9.17) is 14.2 Å². The van der Waals surface area contributed by atoms with E-state index < -0.39 is 59.6 Å². The Morgan fingerprint density at radius 2 is 1.86 bits per heavy atom. The first-order valence-electron chi connectivity index (χ1n) is 17.5. The molecule has 268 valence electrons. The van der Waals surface area contributed by atoms with Crippen LogP contribution in [0.5, 0.6) is 0 Å². The van der Waals surface area contributed by atoms with E-state index in [0.717, 1.165) is 13.1 Å². The van der Waals surface area contributed by atoms with E-state index in [2.05, 4.69) is 18.1 Å². The molecular formula is C37H52N4O8. The number of hydrogen-bond acceptors (Lipinski definition) is 9. The quantitative estimate of drug-likeness (QED) is 0.206. The molecule has 12 heteroatoms. The van der Waals surface area contributed by atoms with Crippen LogP contribution in [0.15, 0.2) is 55.6 Å². The third-order valence-electron chi connectivity index (χ3n) is 10.8. The Hall–Kier alpha value is -3.58. The molecule has 0 unspecified atom stereocenters. The highest BCUT2D eigenvalue weighted by Crippen LogP contribution is 2.59. The van der Waals surface area contributed by atoms with Gasteiger partial charge in [-0.25, -0.2) is 0 Å². The Morgan fingerprint density at radius 3 is 2.51 bits per heavy atom. The third-order valence-corrected chi connectivity index (χ3v) is 10.8. The predicted octanol–water partition coefficient (Wildman–Crippen LogP) is 2.19. The number of fused-ring (bicyclic) bond motifs is 1. The molecule has 0 aromatic heterocycles. The lowest BCUT2D eigenvalue weighted by molar-refractivity contribution is -0.165. The average molecular weight is 681 g/mol. The number of allylic oxidation sites excluding steroid dienone is 1. The highest BCUT2D eigenvalue weighted by molar-refractivity contribution is 5.98. The summed E-state index contributed by atoms with van der Waals surface area (Å²) >= 11 is 0. The molecule has 1 spiro atoms. The molecule has 1 aromatic rings. The fraction of sp³-hybridized carbons (Fsp3) is 0.622. The van der Waals surface area contributed by atoms with Gasteiger partial charge in [-0.15, -0.1) is 13.2 Å². The zero-order chi connectivity index (χ0) is 35.3. The Bertz CT molecular complexity index is 1370. The van der Waals surface area contributed by atoms with Gasteiger partial charge in [0.25, 0.3) is 0 Å². The van der Waals surface area contributed by atoms with E-state index in [9.17, 15) is 24.3 Å². The van der Waals surface area contributed by atoms with E-state index in [1.807, 2.05) is 37.3 Å². The van der Waals surface area contributed by atoms with Crippen molar-refractivity contribution in [3.63, 3.8) is 0 Å². The number of amides is 3. The lowest BCUT2D eigenvalue weighted by Crippen LogP contribution is -2.59. The van der Waals surface area contributed by atoms with Crippen LogP contribution in [-0.4, -0.2) is 138 Å². The van der Waals surface area contributed by atoms with E-state index in [0.29, 0.717) is 51.1 Å². The van der Waals surface area contributed by atoms with E-state index in [1.165, 1.54) is 4.90 Å². The maximum Gasteiger partial charge on any atom is 0.313 e. The number of ether oxygens (including phenoxy) is 3. The second-order valence-corrected chi connectivity index (χ2v) is 13.7. The van der Waals surface area contributed by atoms with Crippen molar-refractivity contribution in [3.05, 3.63) is 61.2 Å². The number of hydrogen-bond donors (Lipinski definition) is 1. The summed E-state index contributed by atoms with van der Waals surface area (Å²) in [7, 11) is 1.69. The molecule has 4 aliphatic heterocycles. The summed E-state index contributed by atoms with van der Waals surface area (Å²) in [4.78, 5) is 63.3. The fourth-order valence-corrected chi connectivity index (χ4v) is 8.03. The van der Waals surface area contributed by atoms with Crippen LogP contribution in [0.1, 0.15) is 51.2 Å². The third kappa shape index (κ3) is 7.19. The zero-order valence-corrected chi connectivity index (χ0v) is 29.1. The van der Waals surface area contributed by atoms with Crippen LogP contribution in [0.25, 0.3) is 0 Å². The van der Waals surface area contributed by atoms with Crippen molar-refractivity contribution in [3.8, 4) is 0 Å². The number of aliphatic hydroxyl groups excluding tert-OH is 1. The lowest BCUT2D eigenvalue weighted by Gasteiger charge is -2.39. The van der Waals surface area contributed by atoms with Crippen LogP contribution in [-0.2, 0) is 33.4 Å². The van der Waals surface area contributed by atoms with Gasteiger partial charge < -0.3 is 34.0 Å². The summed E-state index contributed by atoms with van der Waals surface area (Å²) < 4.78 is 18.4. The van der Waals surface area contributed by atoms with Crippen molar-refractivity contribution < 1.29 is 38.5 Å². The minimum atomic E-state index is -1.24. The molecule has 0 radical (unpaired) electrons. The van der Waals surface area contributed by atoms with Gasteiger partial charge in [-0.3, -0.25) is 24.1 Å². The Morgan fingerprint density at radius 1 is 1.14 bits per heavy atom. The molecule has 4 fully saturated rings. The molecule has 8 atom stereocenters. The van der Waals surface area contributed by atoms with Crippen LogP contribution >= 0.6 is 0 Å². The van der Waals surface area contributed by atoms with Crippen LogP contribution < -0.4 is 0 Å². The smallest absolute Gasteiger partial charge is 0.313 e. The van der Waals surface area contributed by atoms with Gasteiger partial charge in [0.1, 0.15) is 17.7 Å². The van der Waals surface area contributed by atoms with Gasteiger partial charge in [-0.1, -0.05) is 42.5 Å². The molecule has 3 amide bonds. The summed E-state index contributed by atoms with van der Waals surface area (Å²) in [5, 5.41) is 10.3. The molecule has 5 rings (SSSR count). The topological polar surface area (TPSA) is 129 Å². The van der Waals surface area contributed by atoms with Crippen molar-refractivity contribution in [1.82, 2.24) is 19.6 Å². The number of rotatable bonds is 16. The molecule has 0 aliphatic carbocycles.